The summed E-state index contributed by atoms with van der Waals surface area (Å²) in [6.07, 6.45) is -0.446. The number of rotatable bonds is 5. The number of benzene rings is 2. The first kappa shape index (κ1) is 18.4. The van der Waals surface area contributed by atoms with Crippen molar-refractivity contribution in [1.82, 2.24) is 4.90 Å². The summed E-state index contributed by atoms with van der Waals surface area (Å²) in [5, 5.41) is 13.5. The van der Waals surface area contributed by atoms with Gasteiger partial charge >= 0.3 is 6.03 Å². The Morgan fingerprint density at radius 2 is 1.89 bits per heavy atom. The molecule has 8 nitrogen and oxygen atoms in total. The maximum atomic E-state index is 12.8. The van der Waals surface area contributed by atoms with Gasteiger partial charge in [-0.2, -0.15) is 0 Å². The highest BCUT2D eigenvalue weighted by atomic mass is 16.6. The van der Waals surface area contributed by atoms with Gasteiger partial charge in [-0.25, -0.2) is 9.79 Å². The smallest absolute Gasteiger partial charge is 0.323 e. The molecule has 2 aromatic carbocycles. The summed E-state index contributed by atoms with van der Waals surface area (Å²) < 4.78 is 5.68. The summed E-state index contributed by atoms with van der Waals surface area (Å²) in [7, 11) is 0. The maximum absolute atomic E-state index is 12.8. The van der Waals surface area contributed by atoms with E-state index in [2.05, 4.69) is 10.3 Å². The highest BCUT2D eigenvalue weighted by molar-refractivity contribution is 5.96. The second-order valence-corrected chi connectivity index (χ2v) is 6.33. The number of ether oxygens (including phenoxy) is 1. The quantitative estimate of drug-likeness (QED) is 0.643. The molecule has 27 heavy (non-hydrogen) atoms. The molecule has 8 heteroatoms. The van der Waals surface area contributed by atoms with Gasteiger partial charge in [-0.05, 0) is 38.1 Å². The van der Waals surface area contributed by atoms with Crippen LogP contribution in [0.15, 0.2) is 59.6 Å². The summed E-state index contributed by atoms with van der Waals surface area (Å²) in [6, 6.07) is 14.7. The Labute approximate surface area is 156 Å². The van der Waals surface area contributed by atoms with Gasteiger partial charge in [0.05, 0.1) is 4.92 Å². The number of hydrogen-bond acceptors (Lipinski definition) is 5. The lowest BCUT2D eigenvalue weighted by Crippen LogP contribution is -2.47. The van der Waals surface area contributed by atoms with Crippen molar-refractivity contribution in [1.29, 1.82) is 0 Å². The number of carbonyl (C=O) groups excluding carboxylic acids is 1. The Morgan fingerprint density at radius 1 is 1.22 bits per heavy atom. The molecule has 2 amide bonds. The van der Waals surface area contributed by atoms with E-state index in [4.69, 9.17) is 4.74 Å². The van der Waals surface area contributed by atoms with Gasteiger partial charge in [-0.1, -0.05) is 18.2 Å². The molecule has 1 aliphatic rings. The van der Waals surface area contributed by atoms with Crippen LogP contribution in [0.1, 0.15) is 19.4 Å². The lowest BCUT2D eigenvalue weighted by atomic mass is 10.2. The molecule has 2 aromatic rings. The zero-order valence-electron chi connectivity index (χ0n) is 15.0. The molecule has 0 bridgehead atoms. The van der Waals surface area contributed by atoms with Gasteiger partial charge in [-0.15, -0.1) is 0 Å². The van der Waals surface area contributed by atoms with Gasteiger partial charge in [0, 0.05) is 29.4 Å². The van der Waals surface area contributed by atoms with E-state index in [0.717, 1.165) is 5.56 Å². The molecule has 3 rings (SSSR count). The fourth-order valence-corrected chi connectivity index (χ4v) is 2.81. The van der Waals surface area contributed by atoms with Crippen molar-refractivity contribution in [2.45, 2.75) is 26.1 Å². The molecule has 0 saturated heterocycles. The van der Waals surface area contributed by atoms with E-state index in [1.54, 1.807) is 4.90 Å². The van der Waals surface area contributed by atoms with E-state index in [1.165, 1.54) is 24.3 Å². The largest absolute Gasteiger partial charge is 0.473 e. The third-order valence-corrected chi connectivity index (χ3v) is 4.10. The molecule has 0 aromatic heterocycles. The molecule has 1 aliphatic heterocycles. The van der Waals surface area contributed by atoms with Crippen molar-refractivity contribution in [2.75, 3.05) is 11.9 Å². The molecule has 0 aliphatic carbocycles. The first-order valence-electron chi connectivity index (χ1n) is 8.55. The standard InChI is InChI=1S/C19H20N4O4/c1-13(2)22(17-12-27-18(21-17)14-6-4-3-5-7-14)19(24)20-15-8-10-16(11-9-15)23(25)26/h3-11,13,17H,12H2,1-2H3,(H,20,24). The van der Waals surface area contributed by atoms with E-state index in [9.17, 15) is 14.9 Å². The summed E-state index contributed by atoms with van der Waals surface area (Å²) in [5.74, 6) is 0.509. The lowest BCUT2D eigenvalue weighted by molar-refractivity contribution is -0.384. The highest BCUT2D eigenvalue weighted by Gasteiger charge is 2.31. The molecule has 140 valence electrons. The summed E-state index contributed by atoms with van der Waals surface area (Å²) in [5.41, 5.74) is 1.30. The first-order valence-corrected chi connectivity index (χ1v) is 8.55. The third kappa shape index (κ3) is 4.22. The van der Waals surface area contributed by atoms with E-state index in [0.29, 0.717) is 11.6 Å². The summed E-state index contributed by atoms with van der Waals surface area (Å²) >= 11 is 0. The number of anilines is 1. The number of nitrogens with zero attached hydrogens (tertiary/aromatic N) is 3. The average molecular weight is 368 g/mol. The van der Waals surface area contributed by atoms with Crippen LogP contribution in [0.2, 0.25) is 0 Å². The van der Waals surface area contributed by atoms with Gasteiger partial charge in [0.1, 0.15) is 6.61 Å². The van der Waals surface area contributed by atoms with Crippen LogP contribution < -0.4 is 5.32 Å². The molecule has 1 atom stereocenters. The lowest BCUT2D eigenvalue weighted by Gasteiger charge is -2.29. The zero-order chi connectivity index (χ0) is 19.4. The Bertz CT molecular complexity index is 850. The fraction of sp³-hybridized carbons (Fsp3) is 0.263. The van der Waals surface area contributed by atoms with Crippen molar-refractivity contribution >= 4 is 23.3 Å². The first-order chi connectivity index (χ1) is 13.0. The van der Waals surface area contributed by atoms with Crippen LogP contribution in [0.3, 0.4) is 0 Å². The molecule has 0 fully saturated rings. The van der Waals surface area contributed by atoms with E-state index >= 15 is 0 Å². The Kier molecular flexibility index (Phi) is 5.35. The number of nitro groups is 1. The number of hydrogen-bond donors (Lipinski definition) is 1. The monoisotopic (exact) mass is 368 g/mol. The van der Waals surface area contributed by atoms with Crippen LogP contribution in [0.25, 0.3) is 0 Å². The SMILES string of the molecule is CC(C)N(C(=O)Nc1ccc([N+](=O)[O-])cc1)C1COC(c2ccccc2)=N1. The third-order valence-electron chi connectivity index (χ3n) is 4.10. The van der Waals surface area contributed by atoms with Crippen LogP contribution >= 0.6 is 0 Å². The topological polar surface area (TPSA) is 97.1 Å². The molecular formula is C19H20N4O4. The number of non-ortho nitro benzene ring substituents is 1. The number of carbonyl (C=O) groups is 1. The number of nitrogens with one attached hydrogen (secondary N) is 1. The minimum absolute atomic E-state index is 0.0324. The molecule has 1 heterocycles. The Morgan fingerprint density at radius 3 is 2.48 bits per heavy atom. The van der Waals surface area contributed by atoms with E-state index < -0.39 is 11.1 Å². The molecule has 0 spiro atoms. The number of urea groups is 1. The predicted octanol–water partition coefficient (Wildman–Crippen LogP) is 3.64. The second-order valence-electron chi connectivity index (χ2n) is 6.33. The number of nitro benzene ring substituents is 1. The second kappa shape index (κ2) is 7.86. The molecular weight excluding hydrogens is 348 g/mol. The average Bonchev–Trinajstić information content (AvgIpc) is 3.12. The van der Waals surface area contributed by atoms with Gasteiger partial charge in [-0.3, -0.25) is 15.0 Å². The predicted molar refractivity (Wildman–Crippen MR) is 102 cm³/mol. The normalized spacial score (nSPS) is 15.8. The van der Waals surface area contributed by atoms with Crippen LogP contribution in [-0.4, -0.2) is 40.6 Å². The van der Waals surface area contributed by atoms with Crippen LogP contribution in [0, 0.1) is 10.1 Å². The number of aliphatic imine (C=N–C) groups is 1. The van der Waals surface area contributed by atoms with Gasteiger partial charge < -0.3 is 10.1 Å². The van der Waals surface area contributed by atoms with Gasteiger partial charge in [0.25, 0.3) is 5.69 Å². The van der Waals surface area contributed by atoms with Crippen LogP contribution in [0.5, 0.6) is 0 Å². The zero-order valence-corrected chi connectivity index (χ0v) is 15.0. The summed E-state index contributed by atoms with van der Waals surface area (Å²) in [6.45, 7) is 4.06. The van der Waals surface area contributed by atoms with Gasteiger partial charge in [0.2, 0.25) is 5.90 Å². The van der Waals surface area contributed by atoms with E-state index in [1.807, 2.05) is 44.2 Å². The van der Waals surface area contributed by atoms with Crippen molar-refractivity contribution in [3.05, 3.63) is 70.3 Å². The van der Waals surface area contributed by atoms with Crippen molar-refractivity contribution < 1.29 is 14.5 Å². The Balaban J connectivity index is 1.74. The molecule has 0 saturated carbocycles. The number of amides is 2. The minimum Gasteiger partial charge on any atom is -0.473 e. The fourth-order valence-electron chi connectivity index (χ4n) is 2.81. The minimum atomic E-state index is -0.484. The van der Waals surface area contributed by atoms with Crippen molar-refractivity contribution in [2.24, 2.45) is 4.99 Å². The van der Waals surface area contributed by atoms with Crippen LogP contribution in [0.4, 0.5) is 16.2 Å². The maximum Gasteiger partial charge on any atom is 0.323 e. The van der Waals surface area contributed by atoms with E-state index in [-0.39, 0.29) is 24.4 Å². The van der Waals surface area contributed by atoms with Crippen molar-refractivity contribution in [3.8, 4) is 0 Å². The summed E-state index contributed by atoms with van der Waals surface area (Å²) in [4.78, 5) is 29.2. The van der Waals surface area contributed by atoms with Gasteiger partial charge in [0.15, 0.2) is 6.17 Å². The Hall–Kier alpha value is -3.42. The van der Waals surface area contributed by atoms with Crippen LogP contribution in [-0.2, 0) is 4.74 Å². The molecule has 0 radical (unpaired) electrons. The molecule has 1 N–H and O–H groups in total. The van der Waals surface area contributed by atoms with Crippen molar-refractivity contribution in [3.63, 3.8) is 0 Å². The highest BCUT2D eigenvalue weighted by Crippen LogP contribution is 2.20. The molecule has 1 unspecified atom stereocenters.